The molecule has 0 bridgehead atoms. The van der Waals surface area contributed by atoms with Crippen molar-refractivity contribution < 1.29 is 13.2 Å². The van der Waals surface area contributed by atoms with Gasteiger partial charge < -0.3 is 9.30 Å². The zero-order valence-corrected chi connectivity index (χ0v) is 21.0. The molecule has 0 unspecified atom stereocenters. The maximum atomic E-state index is 13.1. The summed E-state index contributed by atoms with van der Waals surface area (Å²) in [7, 11) is -1.77. The number of rotatable bonds is 8. The van der Waals surface area contributed by atoms with Crippen LogP contribution in [0.25, 0.3) is 11.0 Å². The Kier molecular flexibility index (Phi) is 6.13. The first-order chi connectivity index (χ1) is 15.9. The van der Waals surface area contributed by atoms with Gasteiger partial charge in [-0.25, -0.2) is 13.4 Å². The van der Waals surface area contributed by atoms with Gasteiger partial charge in [0.1, 0.15) is 5.75 Å². The summed E-state index contributed by atoms with van der Waals surface area (Å²) >= 11 is 1.65. The first-order valence-corrected chi connectivity index (χ1v) is 13.9. The van der Waals surface area contributed by atoms with Crippen molar-refractivity contribution in [1.82, 2.24) is 18.8 Å². The van der Waals surface area contributed by atoms with Crippen LogP contribution in [0.4, 0.5) is 0 Å². The number of hydrogen-bond acceptors (Lipinski definition) is 6. The number of aromatic nitrogens is 3. The molecule has 2 aromatic heterocycles. The van der Waals surface area contributed by atoms with Crippen LogP contribution in [0.2, 0.25) is 0 Å². The molecule has 1 saturated heterocycles. The number of ether oxygens (including phenoxy) is 1. The number of sulfonamides is 1. The molecule has 0 radical (unpaired) electrons. The van der Waals surface area contributed by atoms with Crippen LogP contribution in [-0.4, -0.2) is 47.5 Å². The average Bonchev–Trinajstić information content (AvgIpc) is 3.30. The molecule has 9 heteroatoms. The Morgan fingerprint density at radius 2 is 1.94 bits per heavy atom. The van der Waals surface area contributed by atoms with E-state index in [4.69, 9.17) is 9.72 Å². The highest BCUT2D eigenvalue weighted by Gasteiger charge is 2.29. The molecular weight excluding hydrogens is 456 g/mol. The summed E-state index contributed by atoms with van der Waals surface area (Å²) in [6.45, 7) is 6.16. The van der Waals surface area contributed by atoms with Gasteiger partial charge in [-0.1, -0.05) is 11.8 Å². The van der Waals surface area contributed by atoms with E-state index >= 15 is 0 Å². The topological polar surface area (TPSA) is 77.3 Å². The van der Waals surface area contributed by atoms with Crippen molar-refractivity contribution in [2.75, 3.05) is 20.2 Å². The quantitative estimate of drug-likeness (QED) is 0.435. The Labute approximate surface area is 199 Å². The molecule has 0 spiro atoms. The molecule has 3 aromatic rings. The Morgan fingerprint density at radius 1 is 1.18 bits per heavy atom. The molecule has 0 amide bonds. The molecule has 3 heterocycles. The highest BCUT2D eigenvalue weighted by molar-refractivity contribution is 7.98. The fourth-order valence-electron chi connectivity index (χ4n) is 4.52. The van der Waals surface area contributed by atoms with E-state index < -0.39 is 10.0 Å². The summed E-state index contributed by atoms with van der Waals surface area (Å²) in [6.07, 6.45) is 6.18. The van der Waals surface area contributed by atoms with E-state index in [-0.39, 0.29) is 0 Å². The lowest BCUT2D eigenvalue weighted by atomic mass is 10.1. The lowest BCUT2D eigenvalue weighted by Crippen LogP contribution is -2.27. The number of fused-ring (bicyclic) bond motifs is 1. The number of nitrogens with zero attached hydrogens (tertiary/aromatic N) is 4. The smallest absolute Gasteiger partial charge is 0.243 e. The molecule has 2 fully saturated rings. The number of methoxy groups -OCH3 is 1. The van der Waals surface area contributed by atoms with Crippen molar-refractivity contribution >= 4 is 32.8 Å². The second-order valence-corrected chi connectivity index (χ2v) is 11.9. The second-order valence-electron chi connectivity index (χ2n) is 9.04. The lowest BCUT2D eigenvalue weighted by molar-refractivity contribution is 0.407. The van der Waals surface area contributed by atoms with Crippen molar-refractivity contribution in [2.45, 2.75) is 61.9 Å². The fourth-order valence-corrected chi connectivity index (χ4v) is 7.11. The Hall–Kier alpha value is -2.10. The van der Waals surface area contributed by atoms with Crippen molar-refractivity contribution in [3.63, 3.8) is 0 Å². The first kappa shape index (κ1) is 22.7. The molecule has 0 atom stereocenters. The summed E-state index contributed by atoms with van der Waals surface area (Å²) in [6, 6.07) is 5.41. The Morgan fingerprint density at radius 3 is 2.64 bits per heavy atom. The minimum absolute atomic E-state index is 0.338. The zero-order valence-electron chi connectivity index (χ0n) is 19.4. The predicted octanol–water partition coefficient (Wildman–Crippen LogP) is 4.54. The molecule has 0 N–H and O–H groups in total. The van der Waals surface area contributed by atoms with E-state index in [2.05, 4.69) is 9.55 Å². The number of imidazole rings is 1. The fraction of sp³-hybridized carbons (Fsp3) is 0.500. The van der Waals surface area contributed by atoms with Crippen LogP contribution in [0, 0.1) is 19.8 Å². The van der Waals surface area contributed by atoms with Gasteiger partial charge in [0.15, 0.2) is 5.16 Å². The molecule has 1 saturated carbocycles. The van der Waals surface area contributed by atoms with E-state index in [9.17, 15) is 8.42 Å². The van der Waals surface area contributed by atoms with Gasteiger partial charge in [-0.15, -0.1) is 0 Å². The molecule has 176 valence electrons. The standard InChI is InChI=1S/C24H30N4O3S2/c1-16-13-25-21(17(2)23(16)31-3)15-32-24-26-20-12-19(33(29,30)27-10-4-5-11-27)8-9-22(20)28(24)14-18-6-7-18/h8-9,12-13,18H,4-7,10-11,14-15H2,1-3H3. The van der Waals surface area contributed by atoms with Gasteiger partial charge in [0.25, 0.3) is 0 Å². The number of aryl methyl sites for hydroxylation is 1. The summed E-state index contributed by atoms with van der Waals surface area (Å²) in [5.41, 5.74) is 4.79. The van der Waals surface area contributed by atoms with Crippen LogP contribution in [0.3, 0.4) is 0 Å². The van der Waals surface area contributed by atoms with Crippen molar-refractivity contribution in [3.05, 3.63) is 41.2 Å². The number of benzene rings is 1. The van der Waals surface area contributed by atoms with Crippen molar-refractivity contribution in [1.29, 1.82) is 0 Å². The van der Waals surface area contributed by atoms with Crippen LogP contribution in [0.5, 0.6) is 5.75 Å². The normalized spacial score (nSPS) is 17.2. The number of thioether (sulfide) groups is 1. The third-order valence-electron chi connectivity index (χ3n) is 6.61. The Balaban J connectivity index is 1.47. The first-order valence-electron chi connectivity index (χ1n) is 11.5. The maximum Gasteiger partial charge on any atom is 0.243 e. The van der Waals surface area contributed by atoms with Gasteiger partial charge in [0.2, 0.25) is 10.0 Å². The van der Waals surface area contributed by atoms with Crippen LogP contribution in [0.1, 0.15) is 42.5 Å². The van der Waals surface area contributed by atoms with Crippen LogP contribution in [-0.2, 0) is 22.3 Å². The van der Waals surface area contributed by atoms with Gasteiger partial charge in [-0.2, -0.15) is 4.31 Å². The molecule has 33 heavy (non-hydrogen) atoms. The van der Waals surface area contributed by atoms with Gasteiger partial charge in [-0.05, 0) is 63.6 Å². The summed E-state index contributed by atoms with van der Waals surface area (Å²) in [5, 5.41) is 0.911. The van der Waals surface area contributed by atoms with Crippen LogP contribution >= 0.6 is 11.8 Å². The van der Waals surface area contributed by atoms with Gasteiger partial charge in [-0.3, -0.25) is 4.98 Å². The van der Waals surface area contributed by atoms with E-state index in [1.165, 1.54) is 12.8 Å². The van der Waals surface area contributed by atoms with Crippen LogP contribution in [0.15, 0.2) is 34.4 Å². The summed E-state index contributed by atoms with van der Waals surface area (Å²) < 4.78 is 35.5. The highest BCUT2D eigenvalue weighted by atomic mass is 32.2. The molecule has 1 aliphatic heterocycles. The molecule has 1 aliphatic carbocycles. The van der Waals surface area contributed by atoms with Gasteiger partial charge >= 0.3 is 0 Å². The van der Waals surface area contributed by atoms with Gasteiger partial charge in [0.05, 0.1) is 28.7 Å². The molecule has 5 rings (SSSR count). The SMILES string of the molecule is COc1c(C)cnc(CSc2nc3cc(S(=O)(=O)N4CCCC4)ccc3n2CC2CC2)c1C. The largest absolute Gasteiger partial charge is 0.496 e. The zero-order chi connectivity index (χ0) is 23.2. The third kappa shape index (κ3) is 4.38. The van der Waals surface area contributed by atoms with Crippen molar-refractivity contribution in [3.8, 4) is 5.75 Å². The van der Waals surface area contributed by atoms with Gasteiger partial charge in [0, 0.05) is 42.7 Å². The summed E-state index contributed by atoms with van der Waals surface area (Å²) in [5.74, 6) is 2.23. The minimum Gasteiger partial charge on any atom is -0.496 e. The molecule has 7 nitrogen and oxygen atoms in total. The van der Waals surface area contributed by atoms with E-state index in [0.29, 0.717) is 29.7 Å². The minimum atomic E-state index is -3.46. The second kappa shape index (κ2) is 8.92. The molecule has 1 aromatic carbocycles. The molecular formula is C24H30N4O3S2. The third-order valence-corrected chi connectivity index (χ3v) is 9.50. The Bertz CT molecular complexity index is 1290. The highest BCUT2D eigenvalue weighted by Crippen LogP contribution is 2.36. The van der Waals surface area contributed by atoms with E-state index in [0.717, 1.165) is 58.1 Å². The molecule has 2 aliphatic rings. The number of pyridine rings is 1. The monoisotopic (exact) mass is 486 g/mol. The van der Waals surface area contributed by atoms with E-state index in [1.807, 2.05) is 26.1 Å². The number of hydrogen-bond donors (Lipinski definition) is 0. The van der Waals surface area contributed by atoms with Crippen molar-refractivity contribution in [2.24, 2.45) is 5.92 Å². The van der Waals surface area contributed by atoms with Crippen LogP contribution < -0.4 is 4.74 Å². The maximum absolute atomic E-state index is 13.1. The summed E-state index contributed by atoms with van der Waals surface area (Å²) in [4.78, 5) is 9.85. The predicted molar refractivity (Wildman–Crippen MR) is 130 cm³/mol. The lowest BCUT2D eigenvalue weighted by Gasteiger charge is -2.15. The van der Waals surface area contributed by atoms with E-state index in [1.54, 1.807) is 35.3 Å². The average molecular weight is 487 g/mol.